The maximum Gasteiger partial charge on any atom is 0.266 e. The van der Waals surface area contributed by atoms with Crippen LogP contribution in [-0.2, 0) is 6.54 Å². The van der Waals surface area contributed by atoms with E-state index >= 15 is 0 Å². The average molecular weight is 391 g/mol. The Morgan fingerprint density at radius 1 is 1.04 bits per heavy atom. The minimum Gasteiger partial charge on any atom is -0.418 e. The molecule has 0 aliphatic carbocycles. The Hall–Kier alpha value is -2.76. The summed E-state index contributed by atoms with van der Waals surface area (Å²) in [6.45, 7) is 1.85. The van der Waals surface area contributed by atoms with Crippen molar-refractivity contribution in [1.29, 1.82) is 0 Å². The molecule has 6 heteroatoms. The van der Waals surface area contributed by atoms with Gasteiger partial charge in [-0.25, -0.2) is 0 Å². The standard InChI is InChI=1S/C22H19ClN4O/c23-17-9-7-15(8-10-17)14-27-13-3-6-19(27)21-25-26-22(28-21)20-18-5-2-1-4-16(18)11-12-24-20/h1-2,4-5,7-12,19H,3,6,13-14H2/t19-/m1/s1. The van der Waals surface area contributed by atoms with Gasteiger partial charge in [0.15, 0.2) is 0 Å². The van der Waals surface area contributed by atoms with Crippen molar-refractivity contribution in [3.8, 4) is 11.6 Å². The van der Waals surface area contributed by atoms with Gasteiger partial charge in [-0.1, -0.05) is 48.0 Å². The van der Waals surface area contributed by atoms with E-state index in [1.54, 1.807) is 6.20 Å². The molecule has 0 N–H and O–H groups in total. The van der Waals surface area contributed by atoms with E-state index in [1.807, 2.05) is 36.4 Å². The van der Waals surface area contributed by atoms with Crippen molar-refractivity contribution < 1.29 is 4.42 Å². The normalized spacial score (nSPS) is 17.4. The molecule has 140 valence electrons. The fraction of sp³-hybridized carbons (Fsp3) is 0.227. The summed E-state index contributed by atoms with van der Waals surface area (Å²) in [5.74, 6) is 1.14. The van der Waals surface area contributed by atoms with Crippen LogP contribution in [0.3, 0.4) is 0 Å². The van der Waals surface area contributed by atoms with Crippen molar-refractivity contribution in [3.05, 3.63) is 77.3 Å². The van der Waals surface area contributed by atoms with Crippen molar-refractivity contribution in [1.82, 2.24) is 20.1 Å². The first kappa shape index (κ1) is 17.3. The molecule has 28 heavy (non-hydrogen) atoms. The number of pyridine rings is 1. The van der Waals surface area contributed by atoms with Crippen molar-refractivity contribution in [2.75, 3.05) is 6.54 Å². The first-order valence-corrected chi connectivity index (χ1v) is 9.82. The largest absolute Gasteiger partial charge is 0.418 e. The molecule has 2 aromatic carbocycles. The van der Waals surface area contributed by atoms with Crippen LogP contribution in [0.1, 0.15) is 30.3 Å². The van der Waals surface area contributed by atoms with Gasteiger partial charge in [-0.05, 0) is 48.5 Å². The number of rotatable bonds is 4. The van der Waals surface area contributed by atoms with Gasteiger partial charge in [-0.2, -0.15) is 0 Å². The summed E-state index contributed by atoms with van der Waals surface area (Å²) >= 11 is 6.00. The summed E-state index contributed by atoms with van der Waals surface area (Å²) in [6.07, 6.45) is 3.91. The first-order valence-electron chi connectivity index (χ1n) is 9.44. The van der Waals surface area contributed by atoms with Gasteiger partial charge in [0.25, 0.3) is 5.89 Å². The number of nitrogens with zero attached hydrogens (tertiary/aromatic N) is 4. The lowest BCUT2D eigenvalue weighted by atomic mass is 10.1. The van der Waals surface area contributed by atoms with Gasteiger partial charge in [0.2, 0.25) is 5.89 Å². The van der Waals surface area contributed by atoms with Gasteiger partial charge in [0, 0.05) is 23.2 Å². The lowest BCUT2D eigenvalue weighted by Gasteiger charge is -2.21. The molecule has 0 amide bonds. The van der Waals surface area contributed by atoms with Crippen LogP contribution < -0.4 is 0 Å². The lowest BCUT2D eigenvalue weighted by molar-refractivity contribution is 0.215. The molecule has 1 aliphatic rings. The minimum atomic E-state index is 0.131. The highest BCUT2D eigenvalue weighted by Gasteiger charge is 2.31. The van der Waals surface area contributed by atoms with Crippen LogP contribution in [0.2, 0.25) is 5.02 Å². The van der Waals surface area contributed by atoms with E-state index in [1.165, 1.54) is 5.56 Å². The molecule has 1 saturated heterocycles. The topological polar surface area (TPSA) is 55.1 Å². The lowest BCUT2D eigenvalue weighted by Crippen LogP contribution is -2.23. The fourth-order valence-electron chi connectivity index (χ4n) is 3.87. The summed E-state index contributed by atoms with van der Waals surface area (Å²) < 4.78 is 6.10. The van der Waals surface area contributed by atoms with Crippen LogP contribution >= 0.6 is 11.6 Å². The Balaban J connectivity index is 1.42. The van der Waals surface area contributed by atoms with E-state index in [-0.39, 0.29) is 6.04 Å². The summed E-state index contributed by atoms with van der Waals surface area (Å²) in [7, 11) is 0. The van der Waals surface area contributed by atoms with Crippen LogP contribution in [0, 0.1) is 0 Å². The molecule has 0 bridgehead atoms. The average Bonchev–Trinajstić information content (AvgIpc) is 3.38. The second-order valence-electron chi connectivity index (χ2n) is 7.08. The number of benzene rings is 2. The van der Waals surface area contributed by atoms with E-state index in [4.69, 9.17) is 16.0 Å². The molecule has 5 rings (SSSR count). The predicted octanol–water partition coefficient (Wildman–Crippen LogP) is 5.28. The molecule has 5 nitrogen and oxygen atoms in total. The van der Waals surface area contributed by atoms with E-state index in [0.29, 0.717) is 11.8 Å². The van der Waals surface area contributed by atoms with Gasteiger partial charge < -0.3 is 4.42 Å². The molecule has 1 atom stereocenters. The Morgan fingerprint density at radius 3 is 2.79 bits per heavy atom. The van der Waals surface area contributed by atoms with Gasteiger partial charge >= 0.3 is 0 Å². The molecule has 3 heterocycles. The molecule has 0 radical (unpaired) electrons. The van der Waals surface area contributed by atoms with Gasteiger partial charge in [-0.3, -0.25) is 9.88 Å². The smallest absolute Gasteiger partial charge is 0.266 e. The van der Waals surface area contributed by atoms with Crippen LogP contribution in [0.25, 0.3) is 22.4 Å². The maximum atomic E-state index is 6.10. The Kier molecular flexibility index (Phi) is 4.55. The number of likely N-dealkylation sites (tertiary alicyclic amines) is 1. The van der Waals surface area contributed by atoms with Crippen molar-refractivity contribution in [2.24, 2.45) is 0 Å². The number of hydrogen-bond donors (Lipinski definition) is 0. The molecule has 0 saturated carbocycles. The number of aromatic nitrogens is 3. The van der Waals surface area contributed by atoms with E-state index in [2.05, 4.69) is 38.3 Å². The van der Waals surface area contributed by atoms with Gasteiger partial charge in [0.1, 0.15) is 5.69 Å². The summed E-state index contributed by atoms with van der Waals surface area (Å²) in [5.41, 5.74) is 1.96. The SMILES string of the molecule is Clc1ccc(CN2CCC[C@@H]2c2nnc(-c3nccc4ccccc34)o2)cc1. The van der Waals surface area contributed by atoms with E-state index < -0.39 is 0 Å². The highest BCUT2D eigenvalue weighted by molar-refractivity contribution is 6.30. The quantitative estimate of drug-likeness (QED) is 0.474. The Morgan fingerprint density at radius 2 is 1.89 bits per heavy atom. The third-order valence-corrected chi connectivity index (χ3v) is 5.52. The third-order valence-electron chi connectivity index (χ3n) is 5.26. The van der Waals surface area contributed by atoms with Crippen LogP contribution in [-0.4, -0.2) is 26.6 Å². The fourth-order valence-corrected chi connectivity index (χ4v) is 4.00. The second-order valence-corrected chi connectivity index (χ2v) is 7.52. The van der Waals surface area contributed by atoms with E-state index in [0.717, 1.165) is 47.4 Å². The van der Waals surface area contributed by atoms with Crippen LogP contribution in [0.4, 0.5) is 0 Å². The van der Waals surface area contributed by atoms with Crippen LogP contribution in [0.15, 0.2) is 65.2 Å². The van der Waals surface area contributed by atoms with Crippen LogP contribution in [0.5, 0.6) is 0 Å². The highest BCUT2D eigenvalue weighted by atomic mass is 35.5. The minimum absolute atomic E-state index is 0.131. The summed E-state index contributed by atoms with van der Waals surface area (Å²) in [4.78, 5) is 6.88. The second kappa shape index (κ2) is 7.34. The molecule has 4 aromatic rings. The molecular weight excluding hydrogens is 372 g/mol. The summed E-state index contributed by atoms with van der Waals surface area (Å²) in [5, 5.41) is 11.6. The van der Waals surface area contributed by atoms with Gasteiger partial charge in [0.05, 0.1) is 6.04 Å². The maximum absolute atomic E-state index is 6.10. The third kappa shape index (κ3) is 3.28. The summed E-state index contributed by atoms with van der Waals surface area (Å²) in [6, 6.07) is 18.2. The zero-order valence-electron chi connectivity index (χ0n) is 15.3. The predicted molar refractivity (Wildman–Crippen MR) is 109 cm³/mol. The van der Waals surface area contributed by atoms with Gasteiger partial charge in [-0.15, -0.1) is 10.2 Å². The van der Waals surface area contributed by atoms with Crippen molar-refractivity contribution >= 4 is 22.4 Å². The number of hydrogen-bond acceptors (Lipinski definition) is 5. The molecule has 2 aromatic heterocycles. The Labute approximate surface area is 168 Å². The van der Waals surface area contributed by atoms with Crippen molar-refractivity contribution in [3.63, 3.8) is 0 Å². The zero-order chi connectivity index (χ0) is 18.9. The molecule has 0 unspecified atom stereocenters. The monoisotopic (exact) mass is 390 g/mol. The molecular formula is C22H19ClN4O. The number of halogens is 1. The zero-order valence-corrected chi connectivity index (χ0v) is 16.0. The molecule has 1 fully saturated rings. The highest BCUT2D eigenvalue weighted by Crippen LogP contribution is 2.34. The van der Waals surface area contributed by atoms with Crippen molar-refractivity contribution in [2.45, 2.75) is 25.4 Å². The number of fused-ring (bicyclic) bond motifs is 1. The first-order chi connectivity index (χ1) is 13.8. The molecule has 0 spiro atoms. The van der Waals surface area contributed by atoms with E-state index in [9.17, 15) is 0 Å². The Bertz CT molecular complexity index is 1100. The molecule has 1 aliphatic heterocycles.